The molecule has 1 atom stereocenters. The Morgan fingerprint density at radius 2 is 2.11 bits per heavy atom. The third-order valence-electron chi connectivity index (χ3n) is 3.69. The van der Waals surface area contributed by atoms with Gasteiger partial charge in [-0.25, -0.2) is 0 Å². The van der Waals surface area contributed by atoms with Crippen LogP contribution in [0.3, 0.4) is 0 Å². The molecule has 0 aliphatic carbocycles. The first-order chi connectivity index (χ1) is 8.93. The van der Waals surface area contributed by atoms with E-state index in [1.54, 1.807) is 0 Å². The molecule has 0 radical (unpaired) electrons. The highest BCUT2D eigenvalue weighted by atomic mass is 16.5. The molecule has 3 nitrogen and oxygen atoms in total. The molecule has 1 aliphatic heterocycles. The molecule has 1 unspecified atom stereocenters. The van der Waals surface area contributed by atoms with Crippen LogP contribution >= 0.6 is 0 Å². The number of aromatic hydroxyl groups is 1. The number of rotatable bonds is 2. The Bertz CT molecular complexity index is 443. The second kappa shape index (κ2) is 5.51. The topological polar surface area (TPSA) is 41.5 Å². The summed E-state index contributed by atoms with van der Waals surface area (Å²) in [6.07, 6.45) is 0.928. The number of nitrogens with one attached hydrogen (secondary N) is 1. The standard InChI is InChI=1S/C16H25NO2/c1-5-11-8-12(14-10-17-6-7-19-14)15(18)13(9-11)16(2,3)4/h8-9,14,17-18H,5-7,10H2,1-4H3. The summed E-state index contributed by atoms with van der Waals surface area (Å²) in [5, 5.41) is 13.9. The molecule has 2 N–H and O–H groups in total. The van der Waals surface area contributed by atoms with Gasteiger partial charge in [0, 0.05) is 18.7 Å². The highest BCUT2D eigenvalue weighted by molar-refractivity contribution is 5.48. The second-order valence-corrected chi connectivity index (χ2v) is 6.25. The quantitative estimate of drug-likeness (QED) is 0.862. The molecule has 0 aromatic heterocycles. The molecule has 0 saturated carbocycles. The van der Waals surface area contributed by atoms with Crippen molar-refractivity contribution in [2.45, 2.75) is 45.6 Å². The molecule has 19 heavy (non-hydrogen) atoms. The van der Waals surface area contributed by atoms with Gasteiger partial charge in [-0.05, 0) is 29.0 Å². The maximum atomic E-state index is 10.6. The predicted molar refractivity (Wildman–Crippen MR) is 77.7 cm³/mol. The Kier molecular flexibility index (Phi) is 4.16. The summed E-state index contributed by atoms with van der Waals surface area (Å²) in [7, 11) is 0. The number of phenols is 1. The Balaban J connectivity index is 2.47. The highest BCUT2D eigenvalue weighted by Gasteiger charge is 2.26. The molecule has 106 valence electrons. The molecule has 1 saturated heterocycles. The molecule has 0 spiro atoms. The van der Waals surface area contributed by atoms with E-state index in [2.05, 4.69) is 45.1 Å². The summed E-state index contributed by atoms with van der Waals surface area (Å²) in [5.74, 6) is 0.401. The number of aryl methyl sites for hydroxylation is 1. The number of hydrogen-bond donors (Lipinski definition) is 2. The third kappa shape index (κ3) is 3.10. The van der Waals surface area contributed by atoms with Gasteiger partial charge in [0.05, 0.1) is 12.7 Å². The molecule has 3 heteroatoms. The summed E-state index contributed by atoms with van der Waals surface area (Å²) in [5.41, 5.74) is 3.13. The molecule has 1 aliphatic rings. The van der Waals surface area contributed by atoms with E-state index in [9.17, 15) is 5.11 Å². The summed E-state index contributed by atoms with van der Waals surface area (Å²) in [4.78, 5) is 0. The lowest BCUT2D eigenvalue weighted by atomic mass is 9.83. The summed E-state index contributed by atoms with van der Waals surface area (Å²) in [6, 6.07) is 4.21. The van der Waals surface area contributed by atoms with Crippen LogP contribution in [0.25, 0.3) is 0 Å². The normalized spacial score (nSPS) is 20.5. The third-order valence-corrected chi connectivity index (χ3v) is 3.69. The zero-order valence-corrected chi connectivity index (χ0v) is 12.4. The lowest BCUT2D eigenvalue weighted by Gasteiger charge is -2.28. The average Bonchev–Trinajstić information content (AvgIpc) is 2.38. The van der Waals surface area contributed by atoms with Gasteiger partial charge in [0.2, 0.25) is 0 Å². The van der Waals surface area contributed by atoms with E-state index in [4.69, 9.17) is 4.74 Å². The Morgan fingerprint density at radius 1 is 1.37 bits per heavy atom. The van der Waals surface area contributed by atoms with Crippen LogP contribution in [0.2, 0.25) is 0 Å². The summed E-state index contributed by atoms with van der Waals surface area (Å²) >= 11 is 0. The fourth-order valence-electron chi connectivity index (χ4n) is 2.51. The van der Waals surface area contributed by atoms with E-state index >= 15 is 0 Å². The fraction of sp³-hybridized carbons (Fsp3) is 0.625. The van der Waals surface area contributed by atoms with Crippen LogP contribution < -0.4 is 5.32 Å². The maximum Gasteiger partial charge on any atom is 0.125 e. The number of hydrogen-bond acceptors (Lipinski definition) is 3. The maximum absolute atomic E-state index is 10.6. The van der Waals surface area contributed by atoms with Crippen LogP contribution in [0.5, 0.6) is 5.75 Å². The van der Waals surface area contributed by atoms with Gasteiger partial charge in [-0.2, -0.15) is 0 Å². The van der Waals surface area contributed by atoms with Crippen molar-refractivity contribution in [1.82, 2.24) is 5.32 Å². The zero-order valence-electron chi connectivity index (χ0n) is 12.4. The van der Waals surface area contributed by atoms with Gasteiger partial charge in [0.15, 0.2) is 0 Å². The number of benzene rings is 1. The SMILES string of the molecule is CCc1cc(C2CNCCO2)c(O)c(C(C)(C)C)c1. The fourth-order valence-corrected chi connectivity index (χ4v) is 2.51. The van der Waals surface area contributed by atoms with Crippen LogP contribution in [0, 0.1) is 0 Å². The number of phenolic OH excluding ortho intramolecular Hbond substituents is 1. The highest BCUT2D eigenvalue weighted by Crippen LogP contribution is 2.38. The van der Waals surface area contributed by atoms with Gasteiger partial charge in [-0.15, -0.1) is 0 Å². The van der Waals surface area contributed by atoms with Crippen LogP contribution in [-0.4, -0.2) is 24.8 Å². The monoisotopic (exact) mass is 263 g/mol. The van der Waals surface area contributed by atoms with E-state index in [0.717, 1.165) is 30.6 Å². The van der Waals surface area contributed by atoms with Crippen molar-refractivity contribution in [1.29, 1.82) is 0 Å². The van der Waals surface area contributed by atoms with Gasteiger partial charge in [0.1, 0.15) is 5.75 Å². The lowest BCUT2D eigenvalue weighted by Crippen LogP contribution is -2.33. The first kappa shape index (κ1) is 14.4. The van der Waals surface area contributed by atoms with Gasteiger partial charge in [0.25, 0.3) is 0 Å². The minimum Gasteiger partial charge on any atom is -0.507 e. The predicted octanol–water partition coefficient (Wildman–Crippen LogP) is 2.91. The summed E-state index contributed by atoms with van der Waals surface area (Å²) in [6.45, 7) is 10.9. The molecular weight excluding hydrogens is 238 g/mol. The van der Waals surface area contributed by atoms with Gasteiger partial charge < -0.3 is 15.2 Å². The zero-order chi connectivity index (χ0) is 14.0. The second-order valence-electron chi connectivity index (χ2n) is 6.25. The smallest absolute Gasteiger partial charge is 0.125 e. The molecule has 0 amide bonds. The van der Waals surface area contributed by atoms with Crippen molar-refractivity contribution in [3.05, 3.63) is 28.8 Å². The number of ether oxygens (including phenoxy) is 1. The first-order valence-electron chi connectivity index (χ1n) is 7.12. The van der Waals surface area contributed by atoms with E-state index in [1.807, 2.05) is 0 Å². The Hall–Kier alpha value is -1.06. The van der Waals surface area contributed by atoms with Crippen LogP contribution in [0.4, 0.5) is 0 Å². The van der Waals surface area contributed by atoms with Crippen molar-refractivity contribution in [2.75, 3.05) is 19.7 Å². The van der Waals surface area contributed by atoms with Crippen molar-refractivity contribution in [3.63, 3.8) is 0 Å². The van der Waals surface area contributed by atoms with Crippen LogP contribution in [0.15, 0.2) is 12.1 Å². The lowest BCUT2D eigenvalue weighted by molar-refractivity contribution is 0.0261. The molecule has 1 fully saturated rings. The van der Waals surface area contributed by atoms with E-state index in [0.29, 0.717) is 12.4 Å². The Labute approximate surface area is 116 Å². The number of morpholine rings is 1. The van der Waals surface area contributed by atoms with Crippen LogP contribution in [0.1, 0.15) is 50.5 Å². The molecule has 2 rings (SSSR count). The molecule has 1 heterocycles. The largest absolute Gasteiger partial charge is 0.507 e. The average molecular weight is 263 g/mol. The minimum atomic E-state index is -0.0634. The van der Waals surface area contributed by atoms with Gasteiger partial charge in [-0.1, -0.05) is 33.8 Å². The first-order valence-corrected chi connectivity index (χ1v) is 7.12. The van der Waals surface area contributed by atoms with Gasteiger partial charge >= 0.3 is 0 Å². The molecule has 1 aromatic rings. The van der Waals surface area contributed by atoms with E-state index < -0.39 is 0 Å². The molecule has 1 aromatic carbocycles. The minimum absolute atomic E-state index is 0.0404. The van der Waals surface area contributed by atoms with Crippen molar-refractivity contribution in [2.24, 2.45) is 0 Å². The van der Waals surface area contributed by atoms with Crippen LogP contribution in [-0.2, 0) is 16.6 Å². The molecular formula is C16H25NO2. The van der Waals surface area contributed by atoms with Crippen molar-refractivity contribution >= 4 is 0 Å². The van der Waals surface area contributed by atoms with Gasteiger partial charge in [-0.3, -0.25) is 0 Å². The van der Waals surface area contributed by atoms with E-state index in [1.165, 1.54) is 5.56 Å². The van der Waals surface area contributed by atoms with Crippen molar-refractivity contribution in [3.8, 4) is 5.75 Å². The Morgan fingerprint density at radius 3 is 2.63 bits per heavy atom. The summed E-state index contributed by atoms with van der Waals surface area (Å²) < 4.78 is 5.79. The van der Waals surface area contributed by atoms with Crippen molar-refractivity contribution < 1.29 is 9.84 Å². The van der Waals surface area contributed by atoms with E-state index in [-0.39, 0.29) is 11.5 Å². The molecule has 0 bridgehead atoms.